The third-order valence-electron chi connectivity index (χ3n) is 3.73. The molecule has 0 heterocycles. The number of nitrogens with zero attached hydrogens (tertiary/aromatic N) is 1. The van der Waals surface area contributed by atoms with Gasteiger partial charge in [0.25, 0.3) is 0 Å². The standard InChI is InChI=1S/C12H18N2O2/c1-16-12(5-2-6-12)7-11(15)14-10(8-13)9-3-4-9/h9-10H,2-7H2,1H3,(H,14,15). The Balaban J connectivity index is 1.81. The molecule has 0 spiro atoms. The molecule has 0 aliphatic heterocycles. The summed E-state index contributed by atoms with van der Waals surface area (Å²) in [6.45, 7) is 0. The molecule has 2 aliphatic carbocycles. The normalized spacial score (nSPS) is 24.0. The van der Waals surface area contributed by atoms with E-state index in [-0.39, 0.29) is 17.6 Å². The Hall–Kier alpha value is -1.08. The van der Waals surface area contributed by atoms with E-state index in [2.05, 4.69) is 11.4 Å². The van der Waals surface area contributed by atoms with E-state index in [4.69, 9.17) is 10.00 Å². The highest BCUT2D eigenvalue weighted by molar-refractivity contribution is 5.78. The average molecular weight is 222 g/mol. The van der Waals surface area contributed by atoms with Crippen LogP contribution in [0.5, 0.6) is 0 Å². The van der Waals surface area contributed by atoms with Crippen molar-refractivity contribution in [3.8, 4) is 6.07 Å². The van der Waals surface area contributed by atoms with Crippen LogP contribution in [-0.2, 0) is 9.53 Å². The Kier molecular flexibility index (Phi) is 3.15. The smallest absolute Gasteiger partial charge is 0.223 e. The van der Waals surface area contributed by atoms with E-state index in [0.717, 1.165) is 32.1 Å². The van der Waals surface area contributed by atoms with E-state index in [1.54, 1.807) is 7.11 Å². The van der Waals surface area contributed by atoms with Gasteiger partial charge in [0.05, 0.1) is 18.1 Å². The zero-order chi connectivity index (χ0) is 11.6. The fourth-order valence-electron chi connectivity index (χ4n) is 2.23. The minimum atomic E-state index is -0.290. The van der Waals surface area contributed by atoms with E-state index in [1.165, 1.54) is 0 Å². The van der Waals surface area contributed by atoms with Gasteiger partial charge in [0.1, 0.15) is 6.04 Å². The molecule has 0 saturated heterocycles. The molecule has 1 atom stereocenters. The van der Waals surface area contributed by atoms with E-state index in [0.29, 0.717) is 12.3 Å². The van der Waals surface area contributed by atoms with Crippen LogP contribution in [0.3, 0.4) is 0 Å². The molecule has 2 rings (SSSR count). The predicted octanol–water partition coefficient (Wildman–Crippen LogP) is 1.36. The molecule has 2 aliphatic rings. The van der Waals surface area contributed by atoms with Crippen LogP contribution in [0.15, 0.2) is 0 Å². The molecule has 0 aromatic carbocycles. The van der Waals surface area contributed by atoms with Gasteiger partial charge in [-0.2, -0.15) is 5.26 Å². The van der Waals surface area contributed by atoms with E-state index in [9.17, 15) is 4.79 Å². The molecular formula is C12H18N2O2. The molecule has 1 amide bonds. The second-order valence-corrected chi connectivity index (χ2v) is 4.93. The van der Waals surface area contributed by atoms with Crippen molar-refractivity contribution in [2.75, 3.05) is 7.11 Å². The third-order valence-corrected chi connectivity index (χ3v) is 3.73. The molecule has 0 aromatic rings. The van der Waals surface area contributed by atoms with Crippen LogP contribution >= 0.6 is 0 Å². The van der Waals surface area contributed by atoms with Gasteiger partial charge in [-0.3, -0.25) is 4.79 Å². The number of hydrogen-bond acceptors (Lipinski definition) is 3. The number of nitriles is 1. The zero-order valence-corrected chi connectivity index (χ0v) is 9.66. The van der Waals surface area contributed by atoms with Crippen molar-refractivity contribution in [3.05, 3.63) is 0 Å². The summed E-state index contributed by atoms with van der Waals surface area (Å²) >= 11 is 0. The van der Waals surface area contributed by atoms with Crippen LogP contribution in [0.25, 0.3) is 0 Å². The molecule has 0 bridgehead atoms. The Labute approximate surface area is 96.0 Å². The number of nitrogens with one attached hydrogen (secondary N) is 1. The first kappa shape index (κ1) is 11.4. The molecule has 0 radical (unpaired) electrons. The van der Waals surface area contributed by atoms with Crippen molar-refractivity contribution >= 4 is 5.91 Å². The van der Waals surface area contributed by atoms with Crippen LogP contribution in [0.2, 0.25) is 0 Å². The number of rotatable bonds is 5. The molecule has 4 heteroatoms. The van der Waals surface area contributed by atoms with Gasteiger partial charge < -0.3 is 10.1 Å². The highest BCUT2D eigenvalue weighted by Gasteiger charge is 2.40. The van der Waals surface area contributed by atoms with Gasteiger partial charge in [-0.15, -0.1) is 0 Å². The largest absolute Gasteiger partial charge is 0.378 e. The molecular weight excluding hydrogens is 204 g/mol. The highest BCUT2D eigenvalue weighted by Crippen LogP contribution is 2.38. The monoisotopic (exact) mass is 222 g/mol. The molecule has 16 heavy (non-hydrogen) atoms. The summed E-state index contributed by atoms with van der Waals surface area (Å²) in [4.78, 5) is 11.8. The second-order valence-electron chi connectivity index (χ2n) is 4.93. The Morgan fingerprint density at radius 2 is 2.31 bits per heavy atom. The van der Waals surface area contributed by atoms with Gasteiger partial charge in [-0.25, -0.2) is 0 Å². The lowest BCUT2D eigenvalue weighted by Crippen LogP contribution is -2.46. The van der Waals surface area contributed by atoms with Gasteiger partial charge in [-0.1, -0.05) is 0 Å². The first-order valence-corrected chi connectivity index (χ1v) is 5.93. The number of ether oxygens (including phenoxy) is 1. The topological polar surface area (TPSA) is 62.1 Å². The van der Waals surface area contributed by atoms with E-state index < -0.39 is 0 Å². The van der Waals surface area contributed by atoms with Gasteiger partial charge in [0, 0.05) is 7.11 Å². The SMILES string of the molecule is COC1(CC(=O)NC(C#N)C2CC2)CCC1. The quantitative estimate of drug-likeness (QED) is 0.764. The highest BCUT2D eigenvalue weighted by atomic mass is 16.5. The molecule has 1 unspecified atom stereocenters. The lowest BCUT2D eigenvalue weighted by molar-refractivity contribution is -0.134. The van der Waals surface area contributed by atoms with E-state index in [1.807, 2.05) is 0 Å². The first-order valence-electron chi connectivity index (χ1n) is 5.93. The van der Waals surface area contributed by atoms with Gasteiger partial charge in [-0.05, 0) is 38.0 Å². The summed E-state index contributed by atoms with van der Waals surface area (Å²) in [5.41, 5.74) is -0.242. The van der Waals surface area contributed by atoms with Crippen molar-refractivity contribution in [1.29, 1.82) is 5.26 Å². The minimum Gasteiger partial charge on any atom is -0.378 e. The van der Waals surface area contributed by atoms with E-state index >= 15 is 0 Å². The summed E-state index contributed by atoms with van der Waals surface area (Å²) in [5, 5.41) is 11.7. The van der Waals surface area contributed by atoms with Crippen molar-refractivity contribution in [2.24, 2.45) is 5.92 Å². The Bertz CT molecular complexity index is 308. The molecule has 88 valence electrons. The molecule has 2 fully saturated rings. The van der Waals surface area contributed by atoms with Gasteiger partial charge in [0.15, 0.2) is 0 Å². The number of carbonyl (C=O) groups is 1. The van der Waals surface area contributed by atoms with Gasteiger partial charge >= 0.3 is 0 Å². The molecule has 0 aromatic heterocycles. The first-order chi connectivity index (χ1) is 7.69. The maximum Gasteiger partial charge on any atom is 0.223 e. The number of amides is 1. The fraction of sp³-hybridized carbons (Fsp3) is 0.833. The average Bonchev–Trinajstić information content (AvgIpc) is 3.03. The Morgan fingerprint density at radius 1 is 1.62 bits per heavy atom. The number of hydrogen-bond donors (Lipinski definition) is 1. The fourth-order valence-corrected chi connectivity index (χ4v) is 2.23. The second kappa shape index (κ2) is 4.42. The summed E-state index contributed by atoms with van der Waals surface area (Å²) < 4.78 is 5.39. The van der Waals surface area contributed by atoms with Crippen molar-refractivity contribution < 1.29 is 9.53 Å². The molecule has 1 N–H and O–H groups in total. The summed E-state index contributed by atoms with van der Waals surface area (Å²) in [7, 11) is 1.66. The predicted molar refractivity (Wildman–Crippen MR) is 58.5 cm³/mol. The van der Waals surface area contributed by atoms with Crippen molar-refractivity contribution in [3.63, 3.8) is 0 Å². The summed E-state index contributed by atoms with van der Waals surface area (Å²) in [5.74, 6) is 0.342. The maximum atomic E-state index is 11.8. The number of methoxy groups -OCH3 is 1. The van der Waals surface area contributed by atoms with Crippen molar-refractivity contribution in [2.45, 2.75) is 50.2 Å². The van der Waals surface area contributed by atoms with Crippen LogP contribution in [-0.4, -0.2) is 24.7 Å². The van der Waals surface area contributed by atoms with Crippen molar-refractivity contribution in [1.82, 2.24) is 5.32 Å². The van der Waals surface area contributed by atoms with Crippen LogP contribution in [0.4, 0.5) is 0 Å². The third kappa shape index (κ3) is 2.35. The molecule has 4 nitrogen and oxygen atoms in total. The lowest BCUT2D eigenvalue weighted by atomic mass is 9.77. The zero-order valence-electron chi connectivity index (χ0n) is 9.66. The van der Waals surface area contributed by atoms with Crippen LogP contribution < -0.4 is 5.32 Å². The van der Waals surface area contributed by atoms with Crippen LogP contribution in [0.1, 0.15) is 38.5 Å². The summed E-state index contributed by atoms with van der Waals surface area (Å²) in [6, 6.07) is 1.87. The summed E-state index contributed by atoms with van der Waals surface area (Å²) in [6.07, 6.45) is 5.57. The lowest BCUT2D eigenvalue weighted by Gasteiger charge is -2.40. The maximum absolute atomic E-state index is 11.8. The number of carbonyl (C=O) groups excluding carboxylic acids is 1. The van der Waals surface area contributed by atoms with Crippen LogP contribution in [0, 0.1) is 17.2 Å². The minimum absolute atomic E-state index is 0.0417. The van der Waals surface area contributed by atoms with Gasteiger partial charge in [0.2, 0.25) is 5.91 Å². The Morgan fingerprint density at radius 3 is 2.69 bits per heavy atom. The molecule has 2 saturated carbocycles.